The Morgan fingerprint density at radius 2 is 1.62 bits per heavy atom. The summed E-state index contributed by atoms with van der Waals surface area (Å²) in [5.41, 5.74) is 2.77. The molecule has 1 aromatic heterocycles. The highest BCUT2D eigenvalue weighted by Crippen LogP contribution is 2.31. The molecule has 0 unspecified atom stereocenters. The molecule has 9 heteroatoms. The summed E-state index contributed by atoms with van der Waals surface area (Å²) in [6, 6.07) is 4.03. The van der Waals surface area contributed by atoms with Gasteiger partial charge in [0.25, 0.3) is 0 Å². The van der Waals surface area contributed by atoms with Crippen molar-refractivity contribution >= 4 is 22.2 Å². The van der Waals surface area contributed by atoms with Crippen LogP contribution < -0.4 is 0 Å². The van der Waals surface area contributed by atoms with Crippen LogP contribution in [0.4, 0.5) is 0 Å². The Morgan fingerprint density at radius 3 is 2.07 bits per heavy atom. The number of hydrogen-bond acceptors (Lipinski definition) is 5. The van der Waals surface area contributed by atoms with Gasteiger partial charge in [0.05, 0.1) is 11.6 Å². The molecule has 0 bridgehead atoms. The van der Waals surface area contributed by atoms with E-state index >= 15 is 0 Å². The molecule has 0 atom stereocenters. The Hall–Kier alpha value is -1.55. The molecule has 7 nitrogen and oxygen atoms in total. The second-order valence-electron chi connectivity index (χ2n) is 8.88. The van der Waals surface area contributed by atoms with Gasteiger partial charge in [-0.2, -0.15) is 9.40 Å². The third-order valence-electron chi connectivity index (χ3n) is 5.48. The fourth-order valence-electron chi connectivity index (χ4n) is 3.74. The summed E-state index contributed by atoms with van der Waals surface area (Å²) in [5.74, 6) is 0. The van der Waals surface area contributed by atoms with Crippen molar-refractivity contribution in [1.29, 1.82) is 0 Å². The summed E-state index contributed by atoms with van der Waals surface area (Å²) in [5, 5.41) is 4.28. The Balaban J connectivity index is 1.76. The highest BCUT2D eigenvalue weighted by molar-refractivity contribution is 7.89. The standard InChI is InChI=1S/C20H31N5O2S2/c1-15-11-17(20(3,4)5)12-16(2)18(15)29(26,27)24-9-7-23(8-10-24)14-25-19(28)22(6)13-21-25/h11-13H,7-10,14H2,1-6H3. The molecule has 1 aromatic carbocycles. The molecule has 160 valence electrons. The number of hydrogen-bond donors (Lipinski definition) is 0. The smallest absolute Gasteiger partial charge is 0.243 e. The molecule has 0 amide bonds. The molecule has 1 aliphatic rings. The minimum atomic E-state index is -3.53. The van der Waals surface area contributed by atoms with Gasteiger partial charge in [-0.3, -0.25) is 4.90 Å². The van der Waals surface area contributed by atoms with Crippen LogP contribution in [0, 0.1) is 18.6 Å². The zero-order chi connectivity index (χ0) is 21.6. The normalized spacial score (nSPS) is 17.0. The van der Waals surface area contributed by atoms with Gasteiger partial charge in [0.2, 0.25) is 10.0 Å². The lowest BCUT2D eigenvalue weighted by Gasteiger charge is -2.34. The van der Waals surface area contributed by atoms with E-state index in [-0.39, 0.29) is 5.41 Å². The molecule has 1 fully saturated rings. The highest BCUT2D eigenvalue weighted by Gasteiger charge is 2.31. The Bertz CT molecular complexity index is 1030. The Kier molecular flexibility index (Phi) is 6.06. The van der Waals surface area contributed by atoms with Crippen molar-refractivity contribution < 1.29 is 8.42 Å². The van der Waals surface area contributed by atoms with E-state index in [9.17, 15) is 8.42 Å². The fourth-order valence-corrected chi connectivity index (χ4v) is 5.72. The Labute approximate surface area is 179 Å². The minimum absolute atomic E-state index is 0.0177. The van der Waals surface area contributed by atoms with E-state index in [1.807, 2.05) is 33.0 Å². The van der Waals surface area contributed by atoms with Crippen LogP contribution in [-0.2, 0) is 29.2 Å². The summed E-state index contributed by atoms with van der Waals surface area (Å²) in [7, 11) is -1.66. The predicted octanol–water partition coefficient (Wildman–Crippen LogP) is 2.83. The Morgan fingerprint density at radius 1 is 1.07 bits per heavy atom. The van der Waals surface area contributed by atoms with Crippen LogP contribution in [0.15, 0.2) is 23.4 Å². The molecule has 0 saturated carbocycles. The number of nitrogens with zero attached hydrogens (tertiary/aromatic N) is 5. The first-order valence-electron chi connectivity index (χ1n) is 9.84. The number of aryl methyl sites for hydroxylation is 3. The third-order valence-corrected chi connectivity index (χ3v) is 8.18. The molecule has 2 heterocycles. The van der Waals surface area contributed by atoms with Gasteiger partial charge in [-0.25, -0.2) is 13.1 Å². The zero-order valence-electron chi connectivity index (χ0n) is 18.1. The van der Waals surface area contributed by atoms with Gasteiger partial charge in [-0.1, -0.05) is 32.9 Å². The molecule has 0 N–H and O–H groups in total. The van der Waals surface area contributed by atoms with Crippen molar-refractivity contribution in [2.75, 3.05) is 26.2 Å². The van der Waals surface area contributed by atoms with E-state index in [4.69, 9.17) is 12.2 Å². The minimum Gasteiger partial charge on any atom is -0.310 e. The van der Waals surface area contributed by atoms with Crippen molar-refractivity contribution in [3.8, 4) is 0 Å². The van der Waals surface area contributed by atoms with Crippen molar-refractivity contribution in [1.82, 2.24) is 23.6 Å². The SMILES string of the molecule is Cc1cc(C(C)(C)C)cc(C)c1S(=O)(=O)N1CCN(Cn2ncn(C)c2=S)CC1. The molecule has 29 heavy (non-hydrogen) atoms. The van der Waals surface area contributed by atoms with Gasteiger partial charge in [-0.15, -0.1) is 0 Å². The lowest BCUT2D eigenvalue weighted by Crippen LogP contribution is -2.49. The third kappa shape index (κ3) is 4.47. The number of piperazine rings is 1. The van der Waals surface area contributed by atoms with Crippen LogP contribution in [-0.4, -0.2) is 58.1 Å². The van der Waals surface area contributed by atoms with Crippen molar-refractivity contribution in [2.45, 2.75) is 51.6 Å². The van der Waals surface area contributed by atoms with Gasteiger partial charge in [-0.05, 0) is 48.2 Å². The fraction of sp³-hybridized carbons (Fsp3) is 0.600. The van der Waals surface area contributed by atoms with E-state index in [1.165, 1.54) is 0 Å². The van der Waals surface area contributed by atoms with E-state index < -0.39 is 10.0 Å². The summed E-state index contributed by atoms with van der Waals surface area (Å²) in [4.78, 5) is 2.63. The molecule has 0 spiro atoms. The van der Waals surface area contributed by atoms with Crippen LogP contribution in [0.3, 0.4) is 0 Å². The van der Waals surface area contributed by atoms with Crippen LogP contribution in [0.2, 0.25) is 0 Å². The number of sulfonamides is 1. The van der Waals surface area contributed by atoms with Crippen molar-refractivity contribution in [3.05, 3.63) is 39.9 Å². The maximum absolute atomic E-state index is 13.4. The lowest BCUT2D eigenvalue weighted by atomic mass is 9.85. The second-order valence-corrected chi connectivity index (χ2v) is 11.1. The summed E-state index contributed by atoms with van der Waals surface area (Å²) in [6.45, 7) is 13.0. The monoisotopic (exact) mass is 437 g/mol. The molecule has 1 saturated heterocycles. The largest absolute Gasteiger partial charge is 0.310 e. The quantitative estimate of drug-likeness (QED) is 0.689. The maximum atomic E-state index is 13.4. The van der Waals surface area contributed by atoms with Crippen LogP contribution in [0.5, 0.6) is 0 Å². The summed E-state index contributed by atoms with van der Waals surface area (Å²) < 4.78 is 32.6. The van der Waals surface area contributed by atoms with E-state index in [0.29, 0.717) is 42.5 Å². The predicted molar refractivity (Wildman–Crippen MR) is 117 cm³/mol. The van der Waals surface area contributed by atoms with Crippen molar-refractivity contribution in [2.24, 2.45) is 7.05 Å². The molecular formula is C20H31N5O2S2. The van der Waals surface area contributed by atoms with Gasteiger partial charge >= 0.3 is 0 Å². The maximum Gasteiger partial charge on any atom is 0.243 e. The van der Waals surface area contributed by atoms with Gasteiger partial charge < -0.3 is 4.57 Å². The summed E-state index contributed by atoms with van der Waals surface area (Å²) in [6.07, 6.45) is 1.69. The molecular weight excluding hydrogens is 406 g/mol. The van der Waals surface area contributed by atoms with Crippen LogP contribution in [0.1, 0.15) is 37.5 Å². The van der Waals surface area contributed by atoms with Crippen LogP contribution >= 0.6 is 12.2 Å². The molecule has 3 rings (SSSR count). The van der Waals surface area contributed by atoms with E-state index in [2.05, 4.69) is 30.8 Å². The topological polar surface area (TPSA) is 63.4 Å². The van der Waals surface area contributed by atoms with Gasteiger partial charge in [0.1, 0.15) is 6.33 Å². The van der Waals surface area contributed by atoms with Crippen molar-refractivity contribution in [3.63, 3.8) is 0 Å². The zero-order valence-corrected chi connectivity index (χ0v) is 19.8. The van der Waals surface area contributed by atoms with E-state index in [0.717, 1.165) is 16.7 Å². The molecule has 2 aromatic rings. The highest BCUT2D eigenvalue weighted by atomic mass is 32.2. The first kappa shape index (κ1) is 22.1. The second kappa shape index (κ2) is 7.94. The molecule has 1 aliphatic heterocycles. The number of benzene rings is 1. The van der Waals surface area contributed by atoms with E-state index in [1.54, 1.807) is 19.9 Å². The van der Waals surface area contributed by atoms with Gasteiger partial charge in [0.15, 0.2) is 4.77 Å². The molecule has 0 aliphatic carbocycles. The average molecular weight is 438 g/mol. The number of aromatic nitrogens is 3. The first-order chi connectivity index (χ1) is 13.4. The van der Waals surface area contributed by atoms with Crippen LogP contribution in [0.25, 0.3) is 0 Å². The summed E-state index contributed by atoms with van der Waals surface area (Å²) >= 11 is 5.34. The first-order valence-corrected chi connectivity index (χ1v) is 11.7. The van der Waals surface area contributed by atoms with Gasteiger partial charge in [0, 0.05) is 33.2 Å². The average Bonchev–Trinajstić information content (AvgIpc) is 2.92. The molecule has 0 radical (unpaired) electrons. The number of rotatable bonds is 4. The lowest BCUT2D eigenvalue weighted by molar-refractivity contribution is 0.144.